The van der Waals surface area contributed by atoms with Gasteiger partial charge in [0.2, 0.25) is 6.79 Å². The summed E-state index contributed by atoms with van der Waals surface area (Å²) in [5, 5.41) is 4.41. The van der Waals surface area contributed by atoms with E-state index in [-0.39, 0.29) is 6.79 Å². The van der Waals surface area contributed by atoms with Crippen LogP contribution in [0.3, 0.4) is 0 Å². The number of H-pyrrole nitrogens is 1. The first-order chi connectivity index (χ1) is 11.3. The van der Waals surface area contributed by atoms with Gasteiger partial charge in [0.1, 0.15) is 0 Å². The maximum atomic E-state index is 5.36. The Kier molecular flexibility index (Phi) is 3.44. The third-order valence-corrected chi connectivity index (χ3v) is 3.80. The third-order valence-electron chi connectivity index (χ3n) is 3.51. The van der Waals surface area contributed by atoms with Crippen LogP contribution >= 0.6 is 12.2 Å². The minimum atomic E-state index is 0.263. The fourth-order valence-corrected chi connectivity index (χ4v) is 2.57. The Balaban J connectivity index is 1.62. The van der Waals surface area contributed by atoms with Crippen molar-refractivity contribution in [3.8, 4) is 22.8 Å². The molecule has 0 fully saturated rings. The number of rotatable bonds is 3. The number of ether oxygens (including phenoxy) is 2. The molecule has 0 aliphatic carbocycles. The number of hydrogen-bond donors (Lipinski definition) is 1. The van der Waals surface area contributed by atoms with E-state index in [2.05, 4.69) is 10.1 Å². The van der Waals surface area contributed by atoms with E-state index in [1.165, 1.54) is 0 Å². The van der Waals surface area contributed by atoms with Crippen molar-refractivity contribution in [3.05, 3.63) is 65.1 Å². The van der Waals surface area contributed by atoms with Gasteiger partial charge in [-0.3, -0.25) is 0 Å². The van der Waals surface area contributed by atoms with Crippen LogP contribution < -0.4 is 9.47 Å². The molecule has 1 N–H and O–H groups in total. The lowest BCUT2D eigenvalue weighted by atomic mass is 10.2. The number of fused-ring (bicyclic) bond motifs is 1. The highest BCUT2D eigenvalue weighted by molar-refractivity contribution is 7.71. The molecule has 0 saturated heterocycles. The molecular formula is C17H13N3O2S. The van der Waals surface area contributed by atoms with Crippen molar-refractivity contribution in [2.75, 3.05) is 6.79 Å². The molecular weight excluding hydrogens is 310 g/mol. The molecule has 0 bridgehead atoms. The molecule has 0 radical (unpaired) electrons. The third kappa shape index (κ3) is 2.76. The highest BCUT2D eigenvalue weighted by Gasteiger charge is 2.12. The van der Waals surface area contributed by atoms with E-state index in [1.807, 2.05) is 54.7 Å². The average Bonchev–Trinajstić information content (AvgIpc) is 3.19. The maximum absolute atomic E-state index is 5.36. The summed E-state index contributed by atoms with van der Waals surface area (Å²) in [6.45, 7) is 0.263. The normalized spacial score (nSPS) is 12.9. The molecule has 1 aliphatic rings. The van der Waals surface area contributed by atoms with Crippen LogP contribution in [-0.2, 0) is 0 Å². The summed E-state index contributed by atoms with van der Waals surface area (Å²) in [6.07, 6.45) is 3.61. The summed E-state index contributed by atoms with van der Waals surface area (Å²) in [6, 6.07) is 15.7. The summed E-state index contributed by atoms with van der Waals surface area (Å²) >= 11 is 5.32. The predicted octanol–water partition coefficient (Wildman–Crippen LogP) is 3.82. The van der Waals surface area contributed by atoms with Crippen molar-refractivity contribution >= 4 is 18.4 Å². The maximum Gasteiger partial charge on any atom is 0.231 e. The average molecular weight is 323 g/mol. The second-order valence-corrected chi connectivity index (χ2v) is 5.43. The molecule has 1 aliphatic heterocycles. The van der Waals surface area contributed by atoms with Crippen molar-refractivity contribution in [2.45, 2.75) is 0 Å². The van der Waals surface area contributed by atoms with Crippen LogP contribution in [-0.4, -0.2) is 22.7 Å². The molecule has 0 saturated carbocycles. The summed E-state index contributed by atoms with van der Waals surface area (Å²) in [5.41, 5.74) is 2.91. The lowest BCUT2D eigenvalue weighted by Crippen LogP contribution is -1.93. The number of nitrogens with zero attached hydrogens (tertiary/aromatic N) is 2. The Bertz CT molecular complexity index is 929. The first-order valence-corrected chi connectivity index (χ1v) is 7.51. The Hall–Kier alpha value is -2.86. The smallest absolute Gasteiger partial charge is 0.231 e. The van der Waals surface area contributed by atoms with Gasteiger partial charge < -0.3 is 14.5 Å². The van der Waals surface area contributed by atoms with Gasteiger partial charge in [-0.25, -0.2) is 4.68 Å². The van der Waals surface area contributed by atoms with Gasteiger partial charge in [-0.15, -0.1) is 0 Å². The zero-order valence-electron chi connectivity index (χ0n) is 12.1. The number of hydrogen-bond acceptors (Lipinski definition) is 4. The second kappa shape index (κ2) is 5.73. The Morgan fingerprint density at radius 2 is 1.91 bits per heavy atom. The van der Waals surface area contributed by atoms with E-state index in [1.54, 1.807) is 10.9 Å². The molecule has 0 spiro atoms. The molecule has 114 valence electrons. The molecule has 5 nitrogen and oxygen atoms in total. The Morgan fingerprint density at radius 3 is 2.78 bits per heavy atom. The summed E-state index contributed by atoms with van der Waals surface area (Å²) < 4.78 is 12.8. The van der Waals surface area contributed by atoms with Gasteiger partial charge in [0.15, 0.2) is 16.3 Å². The molecule has 2 aromatic carbocycles. The van der Waals surface area contributed by atoms with E-state index in [4.69, 9.17) is 21.7 Å². The number of nitrogens with one attached hydrogen (secondary N) is 1. The lowest BCUT2D eigenvalue weighted by Gasteiger charge is -1.97. The molecule has 0 atom stereocenters. The van der Waals surface area contributed by atoms with Gasteiger partial charge in [-0.1, -0.05) is 30.3 Å². The van der Waals surface area contributed by atoms with Gasteiger partial charge in [0, 0.05) is 0 Å². The number of imidazole rings is 1. The Labute approximate surface area is 137 Å². The lowest BCUT2D eigenvalue weighted by molar-refractivity contribution is 0.174. The molecule has 0 unspecified atom stereocenters. The monoisotopic (exact) mass is 323 g/mol. The second-order valence-electron chi connectivity index (χ2n) is 5.04. The van der Waals surface area contributed by atoms with E-state index >= 15 is 0 Å². The van der Waals surface area contributed by atoms with Crippen LogP contribution in [0, 0.1) is 4.77 Å². The Morgan fingerprint density at radius 1 is 1.09 bits per heavy atom. The highest BCUT2D eigenvalue weighted by atomic mass is 32.1. The standard InChI is InChI=1S/C17H13N3O2S/c23-17-19-14(13-4-2-1-3-5-13)10-20(17)18-9-12-6-7-15-16(8-12)22-11-21-15/h1-10H,11H2,(H,19,23)/b18-9-. The summed E-state index contributed by atoms with van der Waals surface area (Å²) in [7, 11) is 0. The van der Waals surface area contributed by atoms with Crippen LogP contribution in [0.1, 0.15) is 5.56 Å². The molecule has 23 heavy (non-hydrogen) atoms. The molecule has 2 heterocycles. The molecule has 1 aromatic heterocycles. The van der Waals surface area contributed by atoms with Crippen LogP contribution in [0.5, 0.6) is 11.5 Å². The van der Waals surface area contributed by atoms with Crippen LogP contribution in [0.4, 0.5) is 0 Å². The minimum Gasteiger partial charge on any atom is -0.454 e. The van der Waals surface area contributed by atoms with Crippen molar-refractivity contribution in [1.82, 2.24) is 9.66 Å². The van der Waals surface area contributed by atoms with Gasteiger partial charge in [0.25, 0.3) is 0 Å². The zero-order valence-corrected chi connectivity index (χ0v) is 12.9. The number of benzene rings is 2. The van der Waals surface area contributed by atoms with Crippen molar-refractivity contribution < 1.29 is 9.47 Å². The SMILES string of the molecule is S=c1[nH]c(-c2ccccc2)cn1/N=C\c1ccc2c(c1)OCO2. The highest BCUT2D eigenvalue weighted by Crippen LogP contribution is 2.32. The van der Waals surface area contributed by atoms with Crippen molar-refractivity contribution in [3.63, 3.8) is 0 Å². The first-order valence-electron chi connectivity index (χ1n) is 7.11. The van der Waals surface area contributed by atoms with E-state index in [0.29, 0.717) is 4.77 Å². The summed E-state index contributed by atoms with van der Waals surface area (Å²) in [5.74, 6) is 1.49. The zero-order chi connectivity index (χ0) is 15.6. The minimum absolute atomic E-state index is 0.263. The fourth-order valence-electron chi connectivity index (χ4n) is 2.36. The predicted molar refractivity (Wildman–Crippen MR) is 90.6 cm³/mol. The number of aromatic nitrogens is 2. The topological polar surface area (TPSA) is 51.5 Å². The molecule has 0 amide bonds. The molecule has 3 aromatic rings. The fraction of sp³-hybridized carbons (Fsp3) is 0.0588. The van der Waals surface area contributed by atoms with Gasteiger partial charge in [0.05, 0.1) is 18.1 Å². The van der Waals surface area contributed by atoms with Crippen LogP contribution in [0.15, 0.2) is 59.8 Å². The van der Waals surface area contributed by atoms with Gasteiger partial charge >= 0.3 is 0 Å². The van der Waals surface area contributed by atoms with E-state index < -0.39 is 0 Å². The largest absolute Gasteiger partial charge is 0.454 e. The van der Waals surface area contributed by atoms with Crippen molar-refractivity contribution in [1.29, 1.82) is 0 Å². The quantitative estimate of drug-likeness (QED) is 0.589. The van der Waals surface area contributed by atoms with E-state index in [9.17, 15) is 0 Å². The van der Waals surface area contributed by atoms with Crippen LogP contribution in [0.25, 0.3) is 11.3 Å². The van der Waals surface area contributed by atoms with Crippen molar-refractivity contribution in [2.24, 2.45) is 5.10 Å². The number of aromatic amines is 1. The molecule has 6 heteroatoms. The van der Waals surface area contributed by atoms with E-state index in [0.717, 1.165) is 28.3 Å². The first kappa shape index (κ1) is 13.8. The van der Waals surface area contributed by atoms with Gasteiger partial charge in [-0.2, -0.15) is 5.10 Å². The molecule has 4 rings (SSSR count). The van der Waals surface area contributed by atoms with Crippen LogP contribution in [0.2, 0.25) is 0 Å². The summed E-state index contributed by atoms with van der Waals surface area (Å²) in [4.78, 5) is 3.16. The van der Waals surface area contributed by atoms with Gasteiger partial charge in [-0.05, 0) is 41.5 Å².